The van der Waals surface area contributed by atoms with Crippen molar-refractivity contribution >= 4 is 0 Å². The second-order valence-corrected chi connectivity index (χ2v) is 3.62. The van der Waals surface area contributed by atoms with Crippen LogP contribution in [0.4, 0.5) is 0 Å². The highest BCUT2D eigenvalue weighted by Gasteiger charge is 1.96. The van der Waals surface area contributed by atoms with Crippen molar-refractivity contribution < 1.29 is 14.2 Å². The predicted molar refractivity (Wildman–Crippen MR) is 67.9 cm³/mol. The van der Waals surface area contributed by atoms with Crippen LogP contribution in [0.15, 0.2) is 24.3 Å². The number of hydrogen-bond acceptors (Lipinski definition) is 4. The molecule has 0 amide bonds. The van der Waals surface area contributed by atoms with Crippen LogP contribution in [0, 0.1) is 0 Å². The fourth-order valence-corrected chi connectivity index (χ4v) is 1.40. The third kappa shape index (κ3) is 6.14. The number of nitrogens with one attached hydrogen (secondary N) is 1. The molecule has 0 radical (unpaired) electrons. The summed E-state index contributed by atoms with van der Waals surface area (Å²) in [5, 5.41) is 3.28. The average molecular weight is 239 g/mol. The van der Waals surface area contributed by atoms with Crippen LogP contribution in [0.25, 0.3) is 0 Å². The number of ether oxygens (including phenoxy) is 3. The van der Waals surface area contributed by atoms with Crippen molar-refractivity contribution in [3.8, 4) is 11.5 Å². The van der Waals surface area contributed by atoms with Gasteiger partial charge in [-0.25, -0.2) is 0 Å². The van der Waals surface area contributed by atoms with E-state index in [4.69, 9.17) is 14.2 Å². The predicted octanol–water partition coefficient (Wildman–Crippen LogP) is 1.70. The Balaban J connectivity index is 2.09. The quantitative estimate of drug-likeness (QED) is 0.666. The number of hydrogen-bond donors (Lipinski definition) is 1. The Bertz CT molecular complexity index is 304. The van der Waals surface area contributed by atoms with E-state index in [1.807, 2.05) is 24.3 Å². The zero-order valence-electron chi connectivity index (χ0n) is 10.6. The largest absolute Gasteiger partial charge is 0.497 e. The molecule has 0 aliphatic rings. The maximum absolute atomic E-state index is 5.58. The van der Waals surface area contributed by atoms with Gasteiger partial charge in [-0.15, -0.1) is 0 Å². The lowest BCUT2D eigenvalue weighted by Crippen LogP contribution is -2.22. The SMILES string of the molecule is COCCCNCCOc1cccc(OC)c1. The minimum absolute atomic E-state index is 0.653. The van der Waals surface area contributed by atoms with Crippen molar-refractivity contribution in [2.75, 3.05) is 40.5 Å². The van der Waals surface area contributed by atoms with E-state index >= 15 is 0 Å². The molecule has 4 nitrogen and oxygen atoms in total. The normalized spacial score (nSPS) is 10.2. The Morgan fingerprint density at radius 3 is 2.65 bits per heavy atom. The lowest BCUT2D eigenvalue weighted by molar-refractivity contribution is 0.193. The van der Waals surface area contributed by atoms with Gasteiger partial charge in [-0.3, -0.25) is 0 Å². The molecule has 0 saturated carbocycles. The molecule has 1 N–H and O–H groups in total. The summed E-state index contributed by atoms with van der Waals surface area (Å²) < 4.78 is 15.7. The maximum Gasteiger partial charge on any atom is 0.123 e. The van der Waals surface area contributed by atoms with Gasteiger partial charge in [0.1, 0.15) is 18.1 Å². The van der Waals surface area contributed by atoms with Crippen molar-refractivity contribution in [1.29, 1.82) is 0 Å². The zero-order chi connectivity index (χ0) is 12.3. The first-order chi connectivity index (χ1) is 8.36. The van der Waals surface area contributed by atoms with Gasteiger partial charge in [0.05, 0.1) is 7.11 Å². The van der Waals surface area contributed by atoms with Crippen LogP contribution in [0.1, 0.15) is 6.42 Å². The van der Waals surface area contributed by atoms with Gasteiger partial charge >= 0.3 is 0 Å². The fourth-order valence-electron chi connectivity index (χ4n) is 1.40. The molecule has 0 aromatic heterocycles. The number of benzene rings is 1. The summed E-state index contributed by atoms with van der Waals surface area (Å²) in [6, 6.07) is 7.62. The van der Waals surface area contributed by atoms with Gasteiger partial charge < -0.3 is 19.5 Å². The smallest absolute Gasteiger partial charge is 0.123 e. The van der Waals surface area contributed by atoms with Crippen LogP contribution in [0.3, 0.4) is 0 Å². The summed E-state index contributed by atoms with van der Waals surface area (Å²) in [7, 11) is 3.36. The molecule has 0 aliphatic heterocycles. The van der Waals surface area contributed by atoms with Crippen LogP contribution < -0.4 is 14.8 Å². The molecular formula is C13H21NO3. The van der Waals surface area contributed by atoms with E-state index in [-0.39, 0.29) is 0 Å². The van der Waals surface area contributed by atoms with Gasteiger partial charge in [-0.1, -0.05) is 6.07 Å². The Kier molecular flexibility index (Phi) is 7.18. The molecular weight excluding hydrogens is 218 g/mol. The third-order valence-corrected chi connectivity index (χ3v) is 2.29. The van der Waals surface area contributed by atoms with E-state index in [1.165, 1.54) is 0 Å². The zero-order valence-corrected chi connectivity index (χ0v) is 10.6. The minimum Gasteiger partial charge on any atom is -0.497 e. The minimum atomic E-state index is 0.653. The van der Waals surface area contributed by atoms with Gasteiger partial charge in [0.2, 0.25) is 0 Å². The fraction of sp³-hybridized carbons (Fsp3) is 0.538. The van der Waals surface area contributed by atoms with Gasteiger partial charge in [-0.2, -0.15) is 0 Å². The van der Waals surface area contributed by atoms with E-state index in [9.17, 15) is 0 Å². The summed E-state index contributed by atoms with van der Waals surface area (Å²) in [6.07, 6.45) is 1.02. The van der Waals surface area contributed by atoms with Gasteiger partial charge in [0.25, 0.3) is 0 Å². The van der Waals surface area contributed by atoms with Gasteiger partial charge in [0.15, 0.2) is 0 Å². The second kappa shape index (κ2) is 8.84. The average Bonchev–Trinajstić information content (AvgIpc) is 2.38. The molecule has 4 heteroatoms. The second-order valence-electron chi connectivity index (χ2n) is 3.62. The molecule has 0 fully saturated rings. The van der Waals surface area contributed by atoms with Crippen molar-refractivity contribution in [3.63, 3.8) is 0 Å². The van der Waals surface area contributed by atoms with E-state index in [0.717, 1.165) is 37.6 Å². The molecule has 0 aliphatic carbocycles. The van der Waals surface area contributed by atoms with Crippen molar-refractivity contribution in [1.82, 2.24) is 5.32 Å². The Morgan fingerprint density at radius 2 is 1.88 bits per heavy atom. The van der Waals surface area contributed by atoms with Crippen LogP contribution in [-0.2, 0) is 4.74 Å². The van der Waals surface area contributed by atoms with Crippen LogP contribution in [0.2, 0.25) is 0 Å². The molecule has 0 saturated heterocycles. The first-order valence-electron chi connectivity index (χ1n) is 5.83. The number of methoxy groups -OCH3 is 2. The maximum atomic E-state index is 5.58. The molecule has 0 bridgehead atoms. The third-order valence-electron chi connectivity index (χ3n) is 2.29. The van der Waals surface area contributed by atoms with E-state index in [1.54, 1.807) is 14.2 Å². The molecule has 17 heavy (non-hydrogen) atoms. The Morgan fingerprint density at radius 1 is 1.06 bits per heavy atom. The lowest BCUT2D eigenvalue weighted by Gasteiger charge is -2.08. The Labute approximate surface area is 103 Å². The van der Waals surface area contributed by atoms with Crippen molar-refractivity contribution in [2.24, 2.45) is 0 Å². The van der Waals surface area contributed by atoms with E-state index < -0.39 is 0 Å². The highest BCUT2D eigenvalue weighted by Crippen LogP contribution is 2.18. The van der Waals surface area contributed by atoms with Gasteiger partial charge in [0, 0.05) is 26.3 Å². The standard InChI is InChI=1S/C13H21NO3/c1-15-9-4-7-14-8-10-17-13-6-3-5-12(11-13)16-2/h3,5-6,11,14H,4,7-10H2,1-2H3. The van der Waals surface area contributed by atoms with Crippen LogP contribution in [0.5, 0.6) is 11.5 Å². The molecule has 0 atom stereocenters. The topological polar surface area (TPSA) is 39.7 Å². The summed E-state index contributed by atoms with van der Waals surface area (Å²) in [5.41, 5.74) is 0. The highest BCUT2D eigenvalue weighted by atomic mass is 16.5. The first-order valence-corrected chi connectivity index (χ1v) is 5.83. The first kappa shape index (κ1) is 13.8. The van der Waals surface area contributed by atoms with E-state index in [0.29, 0.717) is 6.61 Å². The summed E-state index contributed by atoms with van der Waals surface area (Å²) in [5.74, 6) is 1.65. The van der Waals surface area contributed by atoms with Crippen molar-refractivity contribution in [2.45, 2.75) is 6.42 Å². The lowest BCUT2D eigenvalue weighted by atomic mass is 10.3. The molecule has 1 aromatic carbocycles. The van der Waals surface area contributed by atoms with Crippen LogP contribution in [-0.4, -0.2) is 40.5 Å². The summed E-state index contributed by atoms with van der Waals surface area (Å²) in [6.45, 7) is 3.24. The molecule has 1 rings (SSSR count). The van der Waals surface area contributed by atoms with Crippen LogP contribution >= 0.6 is 0 Å². The molecule has 96 valence electrons. The summed E-state index contributed by atoms with van der Waals surface area (Å²) >= 11 is 0. The Hall–Kier alpha value is -1.26. The van der Waals surface area contributed by atoms with E-state index in [2.05, 4.69) is 5.32 Å². The monoisotopic (exact) mass is 239 g/mol. The van der Waals surface area contributed by atoms with Crippen molar-refractivity contribution in [3.05, 3.63) is 24.3 Å². The molecule has 0 heterocycles. The van der Waals surface area contributed by atoms with Gasteiger partial charge in [-0.05, 0) is 25.1 Å². The highest BCUT2D eigenvalue weighted by molar-refractivity contribution is 5.32. The molecule has 1 aromatic rings. The number of rotatable bonds is 9. The molecule has 0 spiro atoms. The molecule has 0 unspecified atom stereocenters. The summed E-state index contributed by atoms with van der Waals surface area (Å²) in [4.78, 5) is 0.